The van der Waals surface area contributed by atoms with Crippen molar-refractivity contribution in [3.8, 4) is 0 Å². The Bertz CT molecular complexity index is 826. The summed E-state index contributed by atoms with van der Waals surface area (Å²) in [6.45, 7) is 0.322. The van der Waals surface area contributed by atoms with Crippen molar-refractivity contribution in [3.63, 3.8) is 0 Å². The number of nitrogens with zero attached hydrogens (tertiary/aromatic N) is 1. The van der Waals surface area contributed by atoms with Crippen LogP contribution in [0.15, 0.2) is 42.5 Å². The van der Waals surface area contributed by atoms with E-state index in [-0.39, 0.29) is 11.3 Å². The van der Waals surface area contributed by atoms with Gasteiger partial charge in [-0.1, -0.05) is 12.1 Å². The molecule has 4 nitrogen and oxygen atoms in total. The molecule has 1 fully saturated rings. The number of rotatable bonds is 3. The molecule has 2 amide bonds. The summed E-state index contributed by atoms with van der Waals surface area (Å²) in [6, 6.07) is 7.77. The molecule has 1 aliphatic rings. The topological polar surface area (TPSA) is 49.4 Å². The molecule has 25 heavy (non-hydrogen) atoms. The summed E-state index contributed by atoms with van der Waals surface area (Å²) in [7, 11) is 0. The van der Waals surface area contributed by atoms with Crippen molar-refractivity contribution in [2.75, 3.05) is 11.9 Å². The molecule has 0 aliphatic carbocycles. The molecule has 1 aliphatic heterocycles. The normalized spacial score (nSPS) is 16.8. The van der Waals surface area contributed by atoms with E-state index >= 15 is 0 Å². The highest BCUT2D eigenvalue weighted by molar-refractivity contribution is 6.01. The molecule has 2 aromatic carbocycles. The van der Waals surface area contributed by atoms with Crippen LogP contribution in [-0.2, 0) is 4.79 Å². The summed E-state index contributed by atoms with van der Waals surface area (Å²) in [5.41, 5.74) is -0.0101. The maximum atomic E-state index is 13.8. The summed E-state index contributed by atoms with van der Waals surface area (Å²) < 4.78 is 40.0. The van der Waals surface area contributed by atoms with Crippen LogP contribution in [0, 0.1) is 17.5 Å². The van der Waals surface area contributed by atoms with Crippen molar-refractivity contribution in [1.82, 2.24) is 4.90 Å². The molecular weight excluding hydrogens is 333 g/mol. The van der Waals surface area contributed by atoms with Crippen LogP contribution < -0.4 is 5.32 Å². The molecule has 7 heteroatoms. The van der Waals surface area contributed by atoms with Gasteiger partial charge in [0.25, 0.3) is 5.91 Å². The van der Waals surface area contributed by atoms with Crippen LogP contribution in [0.25, 0.3) is 0 Å². The number of hydrogen-bond donors (Lipinski definition) is 1. The number of amides is 2. The molecule has 0 radical (unpaired) electrons. The van der Waals surface area contributed by atoms with Crippen LogP contribution in [0.5, 0.6) is 0 Å². The van der Waals surface area contributed by atoms with Gasteiger partial charge in [0.15, 0.2) is 11.6 Å². The highest BCUT2D eigenvalue weighted by atomic mass is 19.2. The first-order chi connectivity index (χ1) is 12.0. The zero-order valence-corrected chi connectivity index (χ0v) is 13.1. The minimum atomic E-state index is -1.08. The van der Waals surface area contributed by atoms with Crippen LogP contribution >= 0.6 is 0 Å². The van der Waals surface area contributed by atoms with Gasteiger partial charge in [0.2, 0.25) is 5.91 Å². The molecule has 0 unspecified atom stereocenters. The van der Waals surface area contributed by atoms with Crippen molar-refractivity contribution in [2.45, 2.75) is 18.9 Å². The predicted molar refractivity (Wildman–Crippen MR) is 85.4 cm³/mol. The monoisotopic (exact) mass is 348 g/mol. The first-order valence-corrected chi connectivity index (χ1v) is 7.79. The van der Waals surface area contributed by atoms with Gasteiger partial charge in [-0.05, 0) is 37.1 Å². The molecule has 0 bridgehead atoms. The standard InChI is InChI=1S/C18H15F3N2O2/c19-13-5-2-1-4-12(13)18(25)23-9-3-6-16(23)17(24)22-11-7-8-14(20)15(21)10-11/h1-2,4-5,7-8,10,16H,3,6,9H2,(H,22,24)/t16-/m0/s1. The summed E-state index contributed by atoms with van der Waals surface area (Å²) in [5, 5.41) is 2.47. The number of likely N-dealkylation sites (tertiary alicyclic amines) is 1. The van der Waals surface area contributed by atoms with Gasteiger partial charge < -0.3 is 10.2 Å². The number of benzene rings is 2. The van der Waals surface area contributed by atoms with Gasteiger partial charge in [-0.2, -0.15) is 0 Å². The van der Waals surface area contributed by atoms with Gasteiger partial charge in [0, 0.05) is 18.3 Å². The van der Waals surface area contributed by atoms with Crippen LogP contribution in [0.3, 0.4) is 0 Å². The SMILES string of the molecule is O=C(Nc1ccc(F)c(F)c1)[C@@H]1CCCN1C(=O)c1ccccc1F. The van der Waals surface area contributed by atoms with Crippen LogP contribution in [-0.4, -0.2) is 29.3 Å². The van der Waals surface area contributed by atoms with E-state index in [0.717, 1.165) is 12.1 Å². The number of carbonyl (C=O) groups excluding carboxylic acids is 2. The van der Waals surface area contributed by atoms with Crippen LogP contribution in [0.4, 0.5) is 18.9 Å². The molecule has 1 atom stereocenters. The molecule has 130 valence electrons. The molecule has 3 rings (SSSR count). The van der Waals surface area contributed by atoms with E-state index in [4.69, 9.17) is 0 Å². The fraction of sp³-hybridized carbons (Fsp3) is 0.222. The fourth-order valence-electron chi connectivity index (χ4n) is 2.87. The molecule has 2 aromatic rings. The number of halogens is 3. The Labute approximate surface area is 142 Å². The molecule has 0 saturated carbocycles. The second kappa shape index (κ2) is 6.96. The molecule has 1 heterocycles. The average molecular weight is 348 g/mol. The summed E-state index contributed by atoms with van der Waals surface area (Å²) in [4.78, 5) is 26.3. The van der Waals surface area contributed by atoms with Crippen LogP contribution in [0.2, 0.25) is 0 Å². The van der Waals surface area contributed by atoms with Crippen LogP contribution in [0.1, 0.15) is 23.2 Å². The van der Waals surface area contributed by atoms with Gasteiger partial charge in [0.1, 0.15) is 11.9 Å². The maximum absolute atomic E-state index is 13.8. The molecule has 1 N–H and O–H groups in total. The Morgan fingerprint density at radius 2 is 1.76 bits per heavy atom. The van der Waals surface area contributed by atoms with E-state index < -0.39 is 35.3 Å². The lowest BCUT2D eigenvalue weighted by molar-refractivity contribution is -0.119. The Balaban J connectivity index is 1.76. The van der Waals surface area contributed by atoms with Crippen molar-refractivity contribution >= 4 is 17.5 Å². The fourth-order valence-corrected chi connectivity index (χ4v) is 2.87. The van der Waals surface area contributed by atoms with Crippen molar-refractivity contribution in [1.29, 1.82) is 0 Å². The third kappa shape index (κ3) is 3.50. The third-order valence-corrected chi connectivity index (χ3v) is 4.11. The van der Waals surface area contributed by atoms with Crippen molar-refractivity contribution in [3.05, 3.63) is 65.5 Å². The smallest absolute Gasteiger partial charge is 0.257 e. The maximum Gasteiger partial charge on any atom is 0.257 e. The molecule has 0 aromatic heterocycles. The number of carbonyl (C=O) groups is 2. The highest BCUT2D eigenvalue weighted by Crippen LogP contribution is 2.23. The lowest BCUT2D eigenvalue weighted by Gasteiger charge is -2.24. The van der Waals surface area contributed by atoms with E-state index in [1.54, 1.807) is 6.07 Å². The third-order valence-electron chi connectivity index (χ3n) is 4.11. The van der Waals surface area contributed by atoms with E-state index in [0.29, 0.717) is 19.4 Å². The minimum Gasteiger partial charge on any atom is -0.327 e. The Morgan fingerprint density at radius 1 is 1.00 bits per heavy atom. The largest absolute Gasteiger partial charge is 0.327 e. The summed E-state index contributed by atoms with van der Waals surface area (Å²) >= 11 is 0. The number of anilines is 1. The zero-order valence-electron chi connectivity index (χ0n) is 13.1. The Kier molecular flexibility index (Phi) is 4.74. The first kappa shape index (κ1) is 17.0. The quantitative estimate of drug-likeness (QED) is 0.925. The Morgan fingerprint density at radius 3 is 2.48 bits per heavy atom. The van der Waals surface area contributed by atoms with Gasteiger partial charge >= 0.3 is 0 Å². The number of hydrogen-bond acceptors (Lipinski definition) is 2. The van der Waals surface area contributed by atoms with Gasteiger partial charge in [-0.15, -0.1) is 0 Å². The lowest BCUT2D eigenvalue weighted by Crippen LogP contribution is -2.43. The second-order valence-electron chi connectivity index (χ2n) is 5.75. The molecule has 1 saturated heterocycles. The second-order valence-corrected chi connectivity index (χ2v) is 5.75. The minimum absolute atomic E-state index is 0.0918. The average Bonchev–Trinajstić information content (AvgIpc) is 3.08. The van der Waals surface area contributed by atoms with Gasteiger partial charge in [0.05, 0.1) is 5.56 Å². The van der Waals surface area contributed by atoms with Gasteiger partial charge in [-0.25, -0.2) is 13.2 Å². The predicted octanol–water partition coefficient (Wildman–Crippen LogP) is 3.35. The van der Waals surface area contributed by atoms with E-state index in [9.17, 15) is 22.8 Å². The van der Waals surface area contributed by atoms with E-state index in [1.807, 2.05) is 0 Å². The van der Waals surface area contributed by atoms with Gasteiger partial charge in [-0.3, -0.25) is 9.59 Å². The van der Waals surface area contributed by atoms with Crippen molar-refractivity contribution < 1.29 is 22.8 Å². The molecular formula is C18H15F3N2O2. The lowest BCUT2D eigenvalue weighted by atomic mass is 10.1. The number of nitrogens with one attached hydrogen (secondary N) is 1. The van der Waals surface area contributed by atoms with E-state index in [2.05, 4.69) is 5.32 Å². The van der Waals surface area contributed by atoms with Crippen molar-refractivity contribution in [2.24, 2.45) is 0 Å². The molecule has 0 spiro atoms. The summed E-state index contributed by atoms with van der Waals surface area (Å²) in [5.74, 6) is -3.84. The summed E-state index contributed by atoms with van der Waals surface area (Å²) in [6.07, 6.45) is 1.01. The first-order valence-electron chi connectivity index (χ1n) is 7.79. The Hall–Kier alpha value is -2.83. The zero-order chi connectivity index (χ0) is 18.0. The highest BCUT2D eigenvalue weighted by Gasteiger charge is 2.35. The van der Waals surface area contributed by atoms with E-state index in [1.165, 1.54) is 29.2 Å².